The van der Waals surface area contributed by atoms with E-state index in [1.807, 2.05) is 24.3 Å². The average molecular weight is 485 g/mol. The number of nitrogens with zero attached hydrogens (tertiary/aromatic N) is 3. The molecule has 9 heteroatoms. The van der Waals surface area contributed by atoms with Crippen LogP contribution in [-0.4, -0.2) is 65.6 Å². The van der Waals surface area contributed by atoms with Gasteiger partial charge in [0.2, 0.25) is 5.95 Å². The molecule has 1 saturated carbocycles. The number of hydrogen-bond acceptors (Lipinski definition) is 7. The van der Waals surface area contributed by atoms with Crippen molar-refractivity contribution >= 4 is 44.9 Å². The van der Waals surface area contributed by atoms with Crippen LogP contribution in [0.4, 0.5) is 5.95 Å². The fraction of sp³-hybridized carbons (Fsp3) is 0.458. The van der Waals surface area contributed by atoms with Crippen LogP contribution in [0.15, 0.2) is 30.5 Å². The van der Waals surface area contributed by atoms with Crippen molar-refractivity contribution < 1.29 is 4.79 Å². The van der Waals surface area contributed by atoms with Crippen LogP contribution in [0.2, 0.25) is 5.02 Å². The first-order valence-corrected chi connectivity index (χ1v) is 12.8. The fourth-order valence-electron chi connectivity index (χ4n) is 4.19. The third-order valence-corrected chi connectivity index (χ3v) is 7.62. The van der Waals surface area contributed by atoms with Crippen molar-refractivity contribution in [1.29, 1.82) is 0 Å². The molecule has 0 spiro atoms. The number of halogens is 1. The summed E-state index contributed by atoms with van der Waals surface area (Å²) >= 11 is 8.07. The molecule has 1 aliphatic carbocycles. The predicted octanol–water partition coefficient (Wildman–Crippen LogP) is 4.00. The zero-order valence-electron chi connectivity index (χ0n) is 18.7. The first-order chi connectivity index (χ1) is 16.1. The van der Waals surface area contributed by atoms with Crippen LogP contribution in [0, 0.1) is 0 Å². The van der Waals surface area contributed by atoms with E-state index in [1.165, 1.54) is 0 Å². The highest BCUT2D eigenvalue weighted by molar-refractivity contribution is 7.22. The predicted molar refractivity (Wildman–Crippen MR) is 135 cm³/mol. The Balaban J connectivity index is 1.29. The van der Waals surface area contributed by atoms with Crippen molar-refractivity contribution in [2.24, 2.45) is 0 Å². The minimum absolute atomic E-state index is 0.0117. The van der Waals surface area contributed by atoms with E-state index in [4.69, 9.17) is 16.6 Å². The van der Waals surface area contributed by atoms with Crippen LogP contribution in [0.5, 0.6) is 0 Å². The number of rotatable bonds is 8. The number of anilines is 1. The molecular formula is C24H29ClN6OS. The average Bonchev–Trinajstić information content (AvgIpc) is 3.52. The first-order valence-electron chi connectivity index (χ1n) is 11.6. The second-order valence-electron chi connectivity index (χ2n) is 8.84. The number of fused-ring (bicyclic) bond motifs is 1. The summed E-state index contributed by atoms with van der Waals surface area (Å²) in [6, 6.07) is 8.75. The third-order valence-electron chi connectivity index (χ3n) is 6.24. The van der Waals surface area contributed by atoms with Gasteiger partial charge in [-0.2, -0.15) is 0 Å². The van der Waals surface area contributed by atoms with E-state index in [-0.39, 0.29) is 5.91 Å². The van der Waals surface area contributed by atoms with Gasteiger partial charge in [0.25, 0.3) is 5.91 Å². The Bertz CT molecular complexity index is 1150. The molecule has 3 N–H and O–H groups in total. The number of benzene rings is 1. The lowest BCUT2D eigenvalue weighted by Crippen LogP contribution is -2.50. The molecule has 2 aromatic heterocycles. The summed E-state index contributed by atoms with van der Waals surface area (Å²) in [5, 5.41) is 11.3. The Kier molecular flexibility index (Phi) is 6.78. The Labute approximate surface area is 202 Å². The monoisotopic (exact) mass is 484 g/mol. The van der Waals surface area contributed by atoms with Gasteiger partial charge in [0.15, 0.2) is 0 Å². The summed E-state index contributed by atoms with van der Waals surface area (Å²) < 4.78 is 1.04. The van der Waals surface area contributed by atoms with Crippen molar-refractivity contribution in [2.45, 2.75) is 38.3 Å². The number of carbonyl (C=O) groups is 1. The Hall–Kier alpha value is -2.26. The summed E-state index contributed by atoms with van der Waals surface area (Å²) in [5.74, 6) is 0.564. The molecule has 3 aromatic rings. The lowest BCUT2D eigenvalue weighted by atomic mass is 10.1. The lowest BCUT2D eigenvalue weighted by molar-refractivity contribution is 0.0953. The maximum atomic E-state index is 12.7. The van der Waals surface area contributed by atoms with E-state index in [0.717, 1.165) is 66.9 Å². The van der Waals surface area contributed by atoms with E-state index in [9.17, 15) is 4.79 Å². The van der Waals surface area contributed by atoms with Gasteiger partial charge >= 0.3 is 0 Å². The Morgan fingerprint density at radius 3 is 3.06 bits per heavy atom. The van der Waals surface area contributed by atoms with Crippen molar-refractivity contribution in [2.75, 3.05) is 38.0 Å². The van der Waals surface area contributed by atoms with Gasteiger partial charge in [-0.05, 0) is 44.4 Å². The molecule has 33 heavy (non-hydrogen) atoms. The highest BCUT2D eigenvalue weighted by atomic mass is 35.5. The Morgan fingerprint density at radius 1 is 1.36 bits per heavy atom. The molecule has 5 rings (SSSR count). The topological polar surface area (TPSA) is 82.2 Å². The minimum Gasteiger partial charge on any atom is -0.354 e. The maximum Gasteiger partial charge on any atom is 0.252 e. The fourth-order valence-corrected chi connectivity index (χ4v) is 5.53. The van der Waals surface area contributed by atoms with Crippen molar-refractivity contribution in [3.63, 3.8) is 0 Å². The summed E-state index contributed by atoms with van der Waals surface area (Å²) in [7, 11) is 0. The summed E-state index contributed by atoms with van der Waals surface area (Å²) in [4.78, 5) is 25.2. The van der Waals surface area contributed by atoms with E-state index in [0.29, 0.717) is 34.3 Å². The van der Waals surface area contributed by atoms with Crippen molar-refractivity contribution in [3.8, 4) is 10.6 Å². The summed E-state index contributed by atoms with van der Waals surface area (Å²) in [6.45, 7) is 7.32. The molecule has 0 unspecified atom stereocenters. The van der Waals surface area contributed by atoms with Crippen LogP contribution in [0.3, 0.4) is 0 Å². The van der Waals surface area contributed by atoms with Crippen LogP contribution in [-0.2, 0) is 0 Å². The first kappa shape index (κ1) is 22.5. The number of carbonyl (C=O) groups excluding carboxylic acids is 1. The zero-order valence-corrected chi connectivity index (χ0v) is 20.3. The van der Waals surface area contributed by atoms with Gasteiger partial charge < -0.3 is 16.0 Å². The molecule has 7 nitrogen and oxygen atoms in total. The zero-order chi connectivity index (χ0) is 22.8. The molecule has 0 radical (unpaired) electrons. The molecular weight excluding hydrogens is 456 g/mol. The minimum atomic E-state index is -0.0117. The van der Waals surface area contributed by atoms with E-state index < -0.39 is 0 Å². The molecule has 1 saturated heterocycles. The van der Waals surface area contributed by atoms with Gasteiger partial charge in [0.05, 0.1) is 16.1 Å². The summed E-state index contributed by atoms with van der Waals surface area (Å²) in [5.41, 5.74) is 1.40. The van der Waals surface area contributed by atoms with Crippen LogP contribution in [0.25, 0.3) is 20.7 Å². The highest BCUT2D eigenvalue weighted by Gasteiger charge is 2.25. The standard InChI is InChI=1S/C24H29ClN6OS/c1-15-13-26-9-11-31(15)10-3-8-27-24-28-14-19(25)22(30-24)21-12-18-17(4-2-5-20(18)33-21)23(32)29-16-6-7-16/h2,4-5,12,14-16,26H,3,6-11,13H2,1H3,(H,29,32)(H,27,28,30)/t15-/m1/s1. The molecule has 1 aliphatic heterocycles. The Morgan fingerprint density at radius 2 is 2.24 bits per heavy atom. The SMILES string of the molecule is C[C@@H]1CNCCN1CCCNc1ncc(Cl)c(-c2cc3c(C(=O)NC4CC4)cccc3s2)n1. The molecule has 2 fully saturated rings. The number of thiophene rings is 1. The smallest absolute Gasteiger partial charge is 0.252 e. The van der Waals surface area contributed by atoms with Crippen molar-refractivity contribution in [3.05, 3.63) is 41.0 Å². The molecule has 2 aliphatic rings. The third kappa shape index (κ3) is 5.30. The molecule has 174 valence electrons. The molecule has 1 amide bonds. The van der Waals surface area contributed by atoms with Gasteiger partial charge in [-0.1, -0.05) is 17.7 Å². The number of nitrogens with one attached hydrogen (secondary N) is 3. The van der Waals surface area contributed by atoms with Gasteiger partial charge in [0, 0.05) is 60.5 Å². The molecule has 3 heterocycles. The summed E-state index contributed by atoms with van der Waals surface area (Å²) in [6.07, 6.45) is 4.80. The number of piperazine rings is 1. The quantitative estimate of drug-likeness (QED) is 0.419. The van der Waals surface area contributed by atoms with E-state index >= 15 is 0 Å². The lowest BCUT2D eigenvalue weighted by Gasteiger charge is -2.33. The van der Waals surface area contributed by atoms with Gasteiger partial charge in [0.1, 0.15) is 5.69 Å². The number of hydrogen-bond donors (Lipinski definition) is 3. The highest BCUT2D eigenvalue weighted by Crippen LogP contribution is 2.37. The normalized spacial score (nSPS) is 19.0. The van der Waals surface area contributed by atoms with E-state index in [1.54, 1.807) is 17.5 Å². The van der Waals surface area contributed by atoms with Crippen molar-refractivity contribution in [1.82, 2.24) is 25.5 Å². The number of aromatic nitrogens is 2. The van der Waals surface area contributed by atoms with Gasteiger partial charge in [-0.3, -0.25) is 9.69 Å². The molecule has 0 bridgehead atoms. The van der Waals surface area contributed by atoms with Crippen LogP contribution >= 0.6 is 22.9 Å². The van der Waals surface area contributed by atoms with Gasteiger partial charge in [-0.25, -0.2) is 9.97 Å². The largest absolute Gasteiger partial charge is 0.354 e. The van der Waals surface area contributed by atoms with E-state index in [2.05, 4.69) is 32.8 Å². The second-order valence-corrected chi connectivity index (χ2v) is 10.3. The molecule has 1 atom stereocenters. The maximum absolute atomic E-state index is 12.7. The second kappa shape index (κ2) is 9.93. The van der Waals surface area contributed by atoms with Crippen LogP contribution in [0.1, 0.15) is 36.5 Å². The molecule has 1 aromatic carbocycles. The van der Waals surface area contributed by atoms with Gasteiger partial charge in [-0.15, -0.1) is 11.3 Å². The number of amides is 1. The van der Waals surface area contributed by atoms with Crippen LogP contribution < -0.4 is 16.0 Å².